The molecule has 0 radical (unpaired) electrons. The van der Waals surface area contributed by atoms with E-state index < -0.39 is 13.4 Å². The first-order valence-corrected chi connectivity index (χ1v) is 11.9. The second-order valence-electron chi connectivity index (χ2n) is 6.55. The Hall–Kier alpha value is -1.59. The van der Waals surface area contributed by atoms with E-state index in [0.29, 0.717) is 13.2 Å². The molecule has 0 saturated carbocycles. The van der Waals surface area contributed by atoms with Gasteiger partial charge in [0, 0.05) is 32.8 Å². The molecule has 5 nitrogen and oxygen atoms in total. The van der Waals surface area contributed by atoms with Gasteiger partial charge in [-0.25, -0.2) is 0 Å². The van der Waals surface area contributed by atoms with Gasteiger partial charge in [0.15, 0.2) is 5.78 Å². The van der Waals surface area contributed by atoms with E-state index >= 15 is 0 Å². The van der Waals surface area contributed by atoms with E-state index in [1.54, 1.807) is 0 Å². The number of aromatic amines is 1. The Morgan fingerprint density at radius 1 is 1.04 bits per heavy atom. The van der Waals surface area contributed by atoms with Crippen LogP contribution in [0.1, 0.15) is 38.0 Å². The number of aromatic nitrogens is 1. The summed E-state index contributed by atoms with van der Waals surface area (Å²) in [5, 5.41) is 4.40. The van der Waals surface area contributed by atoms with E-state index in [1.165, 1.54) is 0 Å². The number of para-hydroxylation sites is 1. The van der Waals surface area contributed by atoms with Gasteiger partial charge < -0.3 is 19.3 Å². The van der Waals surface area contributed by atoms with Crippen LogP contribution in [0.2, 0.25) is 0 Å². The first-order chi connectivity index (χ1) is 13.6. The number of hydrogen-bond acceptors (Lipinski definition) is 4. The Labute approximate surface area is 174 Å². The Morgan fingerprint density at radius 3 is 2.32 bits per heavy atom. The van der Waals surface area contributed by atoms with Crippen molar-refractivity contribution in [3.05, 3.63) is 64.8 Å². The number of benzene rings is 2. The van der Waals surface area contributed by atoms with Gasteiger partial charge in [-0.2, -0.15) is 0 Å². The summed E-state index contributed by atoms with van der Waals surface area (Å²) in [7, 11) is -3.48. The molecule has 3 aromatic rings. The van der Waals surface area contributed by atoms with Crippen LogP contribution >= 0.6 is 23.5 Å². The van der Waals surface area contributed by atoms with Gasteiger partial charge in [0.25, 0.3) is 0 Å². The summed E-state index contributed by atoms with van der Waals surface area (Å²) in [6, 6.07) is 15.7. The molecular formula is C21H26BrN2O3P. The van der Waals surface area contributed by atoms with E-state index in [0.717, 1.165) is 39.5 Å². The second-order valence-corrected chi connectivity index (χ2v) is 9.58. The van der Waals surface area contributed by atoms with Gasteiger partial charge in [0.2, 0.25) is 0 Å². The predicted molar refractivity (Wildman–Crippen MR) is 119 cm³/mol. The fourth-order valence-electron chi connectivity index (χ4n) is 2.97. The van der Waals surface area contributed by atoms with Crippen molar-refractivity contribution in [3.8, 4) is 0 Å². The molecule has 0 aliphatic carbocycles. The van der Waals surface area contributed by atoms with Crippen LogP contribution in [0.15, 0.2) is 59.2 Å². The molecule has 0 spiro atoms. The summed E-state index contributed by atoms with van der Waals surface area (Å²) in [6.07, 6.45) is 3.41. The first-order valence-electron chi connectivity index (χ1n) is 9.54. The van der Waals surface area contributed by atoms with Crippen LogP contribution in [0.5, 0.6) is 0 Å². The maximum absolute atomic E-state index is 13.9. The number of nitrogens with one attached hydrogen (secondary N) is 2. The van der Waals surface area contributed by atoms with Crippen LogP contribution < -0.4 is 5.32 Å². The lowest BCUT2D eigenvalue weighted by Gasteiger charge is -2.28. The standard InChI is InChI=1S/C21H26BrN2O3P/c1-3-13-26-28(25,27-14-4-2)21(24-17-11-9-16(22)10-12-17)19-15-23-20-8-6-5-7-18(19)20/h5-12,15,21,23-24H,3-4,13-14H2,1-2H3/t21-/m1/s1. The van der Waals surface area contributed by atoms with Crippen molar-refractivity contribution in [2.45, 2.75) is 32.5 Å². The lowest BCUT2D eigenvalue weighted by molar-refractivity contribution is 0.199. The van der Waals surface area contributed by atoms with Crippen LogP contribution in [0.25, 0.3) is 10.9 Å². The van der Waals surface area contributed by atoms with Gasteiger partial charge in [-0.3, -0.25) is 4.57 Å². The zero-order valence-corrected chi connectivity index (χ0v) is 18.6. The maximum Gasteiger partial charge on any atom is 0.357 e. The van der Waals surface area contributed by atoms with Crippen LogP contribution in [0, 0.1) is 0 Å². The lowest BCUT2D eigenvalue weighted by atomic mass is 10.1. The molecule has 1 heterocycles. The SMILES string of the molecule is CCCOP(=O)(OCCC)[C@@H](Nc1ccc(Br)cc1)c1c[nH]c2ccccc12. The summed E-state index contributed by atoms with van der Waals surface area (Å²) >= 11 is 3.45. The molecule has 1 atom stereocenters. The Bertz CT molecular complexity index is 930. The number of halogens is 1. The van der Waals surface area contributed by atoms with Gasteiger partial charge in [0.05, 0.1) is 13.2 Å². The summed E-state index contributed by atoms with van der Waals surface area (Å²) in [5.41, 5.74) is 2.70. The van der Waals surface area contributed by atoms with Crippen molar-refractivity contribution in [3.63, 3.8) is 0 Å². The minimum Gasteiger partial charge on any atom is -0.368 e. The third kappa shape index (κ3) is 4.87. The zero-order valence-electron chi connectivity index (χ0n) is 16.2. The van der Waals surface area contributed by atoms with Crippen molar-refractivity contribution in [1.82, 2.24) is 4.98 Å². The number of fused-ring (bicyclic) bond motifs is 1. The number of hydrogen-bond donors (Lipinski definition) is 2. The Morgan fingerprint density at radius 2 is 1.68 bits per heavy atom. The highest BCUT2D eigenvalue weighted by atomic mass is 79.9. The average molecular weight is 465 g/mol. The van der Waals surface area contributed by atoms with Gasteiger partial charge in [-0.05, 0) is 43.2 Å². The van der Waals surface area contributed by atoms with Crippen LogP contribution in [-0.4, -0.2) is 18.2 Å². The fourth-order valence-corrected chi connectivity index (χ4v) is 5.35. The molecular weight excluding hydrogens is 439 g/mol. The third-order valence-electron chi connectivity index (χ3n) is 4.33. The molecule has 1 aromatic heterocycles. The van der Waals surface area contributed by atoms with Gasteiger partial charge in [0.1, 0.15) is 0 Å². The molecule has 0 aliphatic rings. The van der Waals surface area contributed by atoms with E-state index in [4.69, 9.17) is 9.05 Å². The smallest absolute Gasteiger partial charge is 0.357 e. The molecule has 7 heteroatoms. The summed E-state index contributed by atoms with van der Waals surface area (Å²) in [5.74, 6) is -0.622. The molecule has 150 valence electrons. The van der Waals surface area contributed by atoms with Crippen LogP contribution in [0.4, 0.5) is 5.69 Å². The van der Waals surface area contributed by atoms with Crippen LogP contribution in [0.3, 0.4) is 0 Å². The highest BCUT2D eigenvalue weighted by molar-refractivity contribution is 9.10. The molecule has 3 rings (SSSR count). The first kappa shape index (κ1) is 21.1. The predicted octanol–water partition coefficient (Wildman–Crippen LogP) is 7.09. The largest absolute Gasteiger partial charge is 0.368 e. The molecule has 2 aromatic carbocycles. The summed E-state index contributed by atoms with van der Waals surface area (Å²) in [6.45, 7) is 4.74. The van der Waals surface area contributed by atoms with Crippen LogP contribution in [-0.2, 0) is 13.6 Å². The van der Waals surface area contributed by atoms with E-state index in [1.807, 2.05) is 68.6 Å². The lowest BCUT2D eigenvalue weighted by Crippen LogP contribution is -2.15. The molecule has 2 N–H and O–H groups in total. The maximum atomic E-state index is 13.9. The average Bonchev–Trinajstić information content (AvgIpc) is 3.14. The third-order valence-corrected chi connectivity index (χ3v) is 6.98. The van der Waals surface area contributed by atoms with Crippen molar-refractivity contribution in [2.24, 2.45) is 0 Å². The molecule has 0 unspecified atom stereocenters. The number of H-pyrrole nitrogens is 1. The molecule has 28 heavy (non-hydrogen) atoms. The Balaban J connectivity index is 2.06. The van der Waals surface area contributed by atoms with Gasteiger partial charge in [-0.1, -0.05) is 48.0 Å². The van der Waals surface area contributed by atoms with Crippen molar-refractivity contribution >= 4 is 40.1 Å². The van der Waals surface area contributed by atoms with E-state index in [-0.39, 0.29) is 0 Å². The van der Waals surface area contributed by atoms with Gasteiger partial charge in [-0.15, -0.1) is 0 Å². The summed E-state index contributed by atoms with van der Waals surface area (Å²) in [4.78, 5) is 3.27. The minimum atomic E-state index is -3.48. The van der Waals surface area contributed by atoms with E-state index in [9.17, 15) is 4.57 Å². The molecule has 0 bridgehead atoms. The van der Waals surface area contributed by atoms with Crippen molar-refractivity contribution in [1.29, 1.82) is 0 Å². The van der Waals surface area contributed by atoms with E-state index in [2.05, 4.69) is 26.2 Å². The highest BCUT2D eigenvalue weighted by Gasteiger charge is 2.38. The fraction of sp³-hybridized carbons (Fsp3) is 0.333. The Kier molecular flexibility index (Phi) is 7.36. The van der Waals surface area contributed by atoms with Crippen molar-refractivity contribution < 1.29 is 13.6 Å². The number of rotatable bonds is 10. The quantitative estimate of drug-likeness (QED) is 0.314. The second kappa shape index (κ2) is 9.75. The highest BCUT2D eigenvalue weighted by Crippen LogP contribution is 2.61. The molecule has 0 amide bonds. The molecule has 0 aliphatic heterocycles. The monoisotopic (exact) mass is 464 g/mol. The van der Waals surface area contributed by atoms with Crippen molar-refractivity contribution in [2.75, 3.05) is 18.5 Å². The normalized spacial score (nSPS) is 13.0. The van der Waals surface area contributed by atoms with Gasteiger partial charge >= 0.3 is 7.60 Å². The zero-order chi connectivity index (χ0) is 20.0. The molecule has 0 fully saturated rings. The summed E-state index contributed by atoms with van der Waals surface area (Å²) < 4.78 is 26.6. The minimum absolute atomic E-state index is 0.377. The number of anilines is 1. The topological polar surface area (TPSA) is 63.4 Å². The molecule has 0 saturated heterocycles.